The number of carbonyl (C=O) groups excluding carboxylic acids is 2. The van der Waals surface area contributed by atoms with Gasteiger partial charge in [-0.05, 0) is 25.5 Å². The van der Waals surface area contributed by atoms with E-state index in [1.807, 2.05) is 11.8 Å². The molecule has 1 aliphatic heterocycles. The number of aryl methyl sites for hydroxylation is 1. The van der Waals surface area contributed by atoms with Crippen molar-refractivity contribution >= 4 is 17.5 Å². The zero-order valence-electron chi connectivity index (χ0n) is 14.7. The first kappa shape index (κ1) is 18.9. The molecular formula is C17H24N4O4. The van der Waals surface area contributed by atoms with Gasteiger partial charge in [0, 0.05) is 49.9 Å². The van der Waals surface area contributed by atoms with Gasteiger partial charge < -0.3 is 10.2 Å². The van der Waals surface area contributed by atoms with Crippen molar-refractivity contribution in [3.05, 3.63) is 39.4 Å². The van der Waals surface area contributed by atoms with E-state index in [1.54, 1.807) is 17.9 Å². The molecule has 1 heterocycles. The minimum atomic E-state index is -0.452. The molecule has 1 aliphatic rings. The van der Waals surface area contributed by atoms with Crippen LogP contribution in [0.4, 0.5) is 5.69 Å². The molecule has 136 valence electrons. The van der Waals surface area contributed by atoms with Crippen molar-refractivity contribution in [1.29, 1.82) is 0 Å². The lowest BCUT2D eigenvalue weighted by atomic mass is 10.1. The summed E-state index contributed by atoms with van der Waals surface area (Å²) >= 11 is 0. The number of nitro benzene ring substituents is 1. The summed E-state index contributed by atoms with van der Waals surface area (Å²) in [5.74, 6) is -0.124. The maximum atomic E-state index is 12.6. The van der Waals surface area contributed by atoms with Crippen LogP contribution >= 0.6 is 0 Å². The van der Waals surface area contributed by atoms with Gasteiger partial charge >= 0.3 is 0 Å². The quantitative estimate of drug-likeness (QED) is 0.615. The number of nitro groups is 1. The van der Waals surface area contributed by atoms with Crippen LogP contribution < -0.4 is 5.32 Å². The van der Waals surface area contributed by atoms with Crippen LogP contribution in [-0.4, -0.2) is 65.8 Å². The number of piperazine rings is 1. The van der Waals surface area contributed by atoms with E-state index in [1.165, 1.54) is 12.1 Å². The highest BCUT2D eigenvalue weighted by molar-refractivity contribution is 5.94. The third kappa shape index (κ3) is 4.99. The van der Waals surface area contributed by atoms with Gasteiger partial charge in [-0.15, -0.1) is 0 Å². The molecule has 0 unspecified atom stereocenters. The summed E-state index contributed by atoms with van der Waals surface area (Å²) in [4.78, 5) is 38.5. The zero-order chi connectivity index (χ0) is 18.4. The van der Waals surface area contributed by atoms with Gasteiger partial charge in [0.15, 0.2) is 0 Å². The summed E-state index contributed by atoms with van der Waals surface area (Å²) < 4.78 is 0. The average molecular weight is 348 g/mol. The predicted molar refractivity (Wildman–Crippen MR) is 93.5 cm³/mol. The SMILES string of the molecule is CCCNC(=O)CN1CCN(C(=O)c2ccc([N+](=O)[O-])c(C)c2)CC1. The zero-order valence-corrected chi connectivity index (χ0v) is 14.7. The highest BCUT2D eigenvalue weighted by Crippen LogP contribution is 2.20. The van der Waals surface area contributed by atoms with E-state index in [0.717, 1.165) is 6.42 Å². The Morgan fingerprint density at radius 1 is 1.24 bits per heavy atom. The van der Waals surface area contributed by atoms with Crippen molar-refractivity contribution in [1.82, 2.24) is 15.1 Å². The summed E-state index contributed by atoms with van der Waals surface area (Å²) in [5, 5.41) is 13.7. The van der Waals surface area contributed by atoms with Crippen LogP contribution in [0, 0.1) is 17.0 Å². The normalized spacial score (nSPS) is 15.0. The van der Waals surface area contributed by atoms with Crippen LogP contribution in [0.2, 0.25) is 0 Å². The first-order valence-electron chi connectivity index (χ1n) is 8.45. The molecule has 0 spiro atoms. The predicted octanol–water partition coefficient (Wildman–Crippen LogP) is 1.19. The van der Waals surface area contributed by atoms with Crippen LogP contribution in [0.5, 0.6) is 0 Å². The van der Waals surface area contributed by atoms with E-state index in [0.29, 0.717) is 50.4 Å². The van der Waals surface area contributed by atoms with Crippen molar-refractivity contribution < 1.29 is 14.5 Å². The summed E-state index contributed by atoms with van der Waals surface area (Å²) in [7, 11) is 0. The fourth-order valence-corrected chi connectivity index (χ4v) is 2.81. The first-order chi connectivity index (χ1) is 11.9. The number of amides is 2. The molecule has 0 aliphatic carbocycles. The Morgan fingerprint density at radius 3 is 2.48 bits per heavy atom. The molecule has 8 heteroatoms. The Labute approximate surface area is 146 Å². The molecule has 2 rings (SSSR count). The molecule has 1 N–H and O–H groups in total. The highest BCUT2D eigenvalue weighted by atomic mass is 16.6. The summed E-state index contributed by atoms with van der Waals surface area (Å²) in [5.41, 5.74) is 0.943. The molecule has 0 radical (unpaired) electrons. The third-order valence-corrected chi connectivity index (χ3v) is 4.24. The van der Waals surface area contributed by atoms with E-state index in [9.17, 15) is 19.7 Å². The van der Waals surface area contributed by atoms with Gasteiger partial charge in [0.25, 0.3) is 11.6 Å². The molecule has 25 heavy (non-hydrogen) atoms. The monoisotopic (exact) mass is 348 g/mol. The fourth-order valence-electron chi connectivity index (χ4n) is 2.81. The molecule has 1 aromatic carbocycles. The van der Waals surface area contributed by atoms with Gasteiger partial charge in [0.05, 0.1) is 11.5 Å². The van der Waals surface area contributed by atoms with Crippen LogP contribution in [0.15, 0.2) is 18.2 Å². The minimum absolute atomic E-state index is 0.00706. The van der Waals surface area contributed by atoms with Gasteiger partial charge in [-0.2, -0.15) is 0 Å². The van der Waals surface area contributed by atoms with Crippen molar-refractivity contribution in [2.45, 2.75) is 20.3 Å². The number of hydrogen-bond donors (Lipinski definition) is 1. The Bertz CT molecular complexity index is 654. The molecule has 0 aromatic heterocycles. The molecule has 1 fully saturated rings. The van der Waals surface area contributed by atoms with Crippen LogP contribution in [-0.2, 0) is 4.79 Å². The second-order valence-corrected chi connectivity index (χ2v) is 6.18. The Hall–Kier alpha value is -2.48. The lowest BCUT2D eigenvalue weighted by molar-refractivity contribution is -0.385. The summed E-state index contributed by atoms with van der Waals surface area (Å²) in [6.45, 7) is 7.00. The number of rotatable bonds is 6. The number of nitrogens with zero attached hydrogens (tertiary/aromatic N) is 3. The maximum absolute atomic E-state index is 12.6. The van der Waals surface area contributed by atoms with Crippen molar-refractivity contribution in [2.24, 2.45) is 0 Å². The van der Waals surface area contributed by atoms with E-state index in [-0.39, 0.29) is 17.5 Å². The van der Waals surface area contributed by atoms with Crippen LogP contribution in [0.25, 0.3) is 0 Å². The van der Waals surface area contributed by atoms with E-state index < -0.39 is 4.92 Å². The van der Waals surface area contributed by atoms with Gasteiger partial charge in [0.2, 0.25) is 5.91 Å². The second-order valence-electron chi connectivity index (χ2n) is 6.18. The molecule has 0 saturated carbocycles. The lowest BCUT2D eigenvalue weighted by Gasteiger charge is -2.34. The Balaban J connectivity index is 1.90. The summed E-state index contributed by atoms with van der Waals surface area (Å²) in [6.07, 6.45) is 0.905. The highest BCUT2D eigenvalue weighted by Gasteiger charge is 2.24. The van der Waals surface area contributed by atoms with Gasteiger partial charge in [-0.25, -0.2) is 0 Å². The van der Waals surface area contributed by atoms with Crippen molar-refractivity contribution in [3.63, 3.8) is 0 Å². The first-order valence-corrected chi connectivity index (χ1v) is 8.45. The largest absolute Gasteiger partial charge is 0.355 e. The average Bonchev–Trinajstić information content (AvgIpc) is 2.59. The second kappa shape index (κ2) is 8.57. The maximum Gasteiger partial charge on any atom is 0.272 e. The molecule has 0 atom stereocenters. The molecule has 0 bridgehead atoms. The van der Waals surface area contributed by atoms with Gasteiger partial charge in [-0.3, -0.25) is 24.6 Å². The van der Waals surface area contributed by atoms with E-state index in [4.69, 9.17) is 0 Å². The van der Waals surface area contributed by atoms with E-state index in [2.05, 4.69) is 5.32 Å². The molecule has 1 aromatic rings. The fraction of sp³-hybridized carbons (Fsp3) is 0.529. The van der Waals surface area contributed by atoms with E-state index >= 15 is 0 Å². The smallest absolute Gasteiger partial charge is 0.272 e. The topological polar surface area (TPSA) is 95.8 Å². The molecular weight excluding hydrogens is 324 g/mol. The van der Waals surface area contributed by atoms with Gasteiger partial charge in [-0.1, -0.05) is 6.92 Å². The number of carbonyl (C=O) groups is 2. The van der Waals surface area contributed by atoms with Crippen molar-refractivity contribution in [3.8, 4) is 0 Å². The number of hydrogen-bond acceptors (Lipinski definition) is 5. The standard InChI is InChI=1S/C17H24N4O4/c1-3-6-18-16(22)12-19-7-9-20(10-8-19)17(23)14-4-5-15(21(24)25)13(2)11-14/h4-5,11H,3,6-10,12H2,1-2H3,(H,18,22). The molecule has 2 amide bonds. The Kier molecular flexibility index (Phi) is 6.46. The van der Waals surface area contributed by atoms with Crippen LogP contribution in [0.3, 0.4) is 0 Å². The third-order valence-electron chi connectivity index (χ3n) is 4.24. The van der Waals surface area contributed by atoms with Gasteiger partial charge in [0.1, 0.15) is 0 Å². The number of nitrogens with one attached hydrogen (secondary N) is 1. The van der Waals surface area contributed by atoms with Crippen molar-refractivity contribution in [2.75, 3.05) is 39.3 Å². The molecule has 1 saturated heterocycles. The lowest BCUT2D eigenvalue weighted by Crippen LogP contribution is -2.51. The Morgan fingerprint density at radius 2 is 1.92 bits per heavy atom. The minimum Gasteiger partial charge on any atom is -0.355 e. The summed E-state index contributed by atoms with van der Waals surface area (Å²) in [6, 6.07) is 4.43. The number of benzene rings is 1. The molecule has 8 nitrogen and oxygen atoms in total. The van der Waals surface area contributed by atoms with Crippen LogP contribution in [0.1, 0.15) is 29.3 Å².